The van der Waals surface area contributed by atoms with E-state index in [1.165, 1.54) is 6.42 Å². The summed E-state index contributed by atoms with van der Waals surface area (Å²) in [6.07, 6.45) is 6.36. The van der Waals surface area contributed by atoms with Crippen LogP contribution in [0, 0.1) is 0 Å². The summed E-state index contributed by atoms with van der Waals surface area (Å²) in [6.45, 7) is 0. The van der Waals surface area contributed by atoms with E-state index in [9.17, 15) is 4.79 Å². The van der Waals surface area contributed by atoms with Crippen molar-refractivity contribution in [2.24, 2.45) is 0 Å². The van der Waals surface area contributed by atoms with Crippen molar-refractivity contribution in [1.82, 2.24) is 4.98 Å². The highest BCUT2D eigenvalue weighted by Crippen LogP contribution is 2.34. The fourth-order valence-corrected chi connectivity index (χ4v) is 2.50. The molecule has 0 radical (unpaired) electrons. The smallest absolute Gasteiger partial charge is 0.198 e. The molecular formula is C13H18N2O2. The lowest BCUT2D eigenvalue weighted by Crippen LogP contribution is -2.42. The van der Waals surface area contributed by atoms with Crippen LogP contribution < -0.4 is 5.73 Å². The lowest BCUT2D eigenvalue weighted by molar-refractivity contribution is -0.0193. The molecule has 0 spiro atoms. The van der Waals surface area contributed by atoms with E-state index >= 15 is 0 Å². The summed E-state index contributed by atoms with van der Waals surface area (Å²) in [5.41, 5.74) is 5.55. The maximum atomic E-state index is 12.5. The summed E-state index contributed by atoms with van der Waals surface area (Å²) >= 11 is 0. The van der Waals surface area contributed by atoms with E-state index in [0.29, 0.717) is 11.4 Å². The Balaban J connectivity index is 2.32. The standard InChI is InChI=1S/C13H18N2O2/c1-17-13(7-3-2-4-8-13)11(16)10-6-5-9-15-12(10)14/h5-6,9H,2-4,7-8H2,1H3,(H2,14,15). The topological polar surface area (TPSA) is 65.2 Å². The van der Waals surface area contributed by atoms with Gasteiger partial charge >= 0.3 is 0 Å². The van der Waals surface area contributed by atoms with Crippen LogP contribution in [-0.4, -0.2) is 23.5 Å². The van der Waals surface area contributed by atoms with Crippen molar-refractivity contribution in [1.29, 1.82) is 0 Å². The number of rotatable bonds is 3. The van der Waals surface area contributed by atoms with Crippen molar-refractivity contribution in [2.75, 3.05) is 12.8 Å². The van der Waals surface area contributed by atoms with Gasteiger partial charge in [0.1, 0.15) is 11.4 Å². The summed E-state index contributed by atoms with van der Waals surface area (Å²) in [6, 6.07) is 3.45. The van der Waals surface area contributed by atoms with Crippen LogP contribution in [0.25, 0.3) is 0 Å². The average molecular weight is 234 g/mol. The van der Waals surface area contributed by atoms with Gasteiger partial charge in [-0.2, -0.15) is 0 Å². The number of nitrogens with zero attached hydrogens (tertiary/aromatic N) is 1. The van der Waals surface area contributed by atoms with Crippen LogP contribution in [0.4, 0.5) is 5.82 Å². The van der Waals surface area contributed by atoms with Gasteiger partial charge in [-0.05, 0) is 25.0 Å². The number of hydrogen-bond donors (Lipinski definition) is 1. The Morgan fingerprint density at radius 3 is 2.71 bits per heavy atom. The van der Waals surface area contributed by atoms with Crippen LogP contribution >= 0.6 is 0 Å². The highest BCUT2D eigenvalue weighted by atomic mass is 16.5. The number of methoxy groups -OCH3 is 1. The fraction of sp³-hybridized carbons (Fsp3) is 0.538. The summed E-state index contributed by atoms with van der Waals surface area (Å²) < 4.78 is 5.52. The molecule has 1 aromatic heterocycles. The zero-order valence-electron chi connectivity index (χ0n) is 10.1. The molecule has 92 valence electrons. The minimum Gasteiger partial charge on any atom is -0.383 e. The Labute approximate surface area is 101 Å². The number of Topliss-reactive ketones (excluding diaryl/α,β-unsaturated/α-hetero) is 1. The molecule has 1 heterocycles. The van der Waals surface area contributed by atoms with Crippen LogP contribution in [0.2, 0.25) is 0 Å². The first-order valence-corrected chi connectivity index (χ1v) is 6.00. The SMILES string of the molecule is COC1(C(=O)c2cccnc2N)CCCCC1. The first kappa shape index (κ1) is 12.0. The quantitative estimate of drug-likeness (QED) is 0.814. The zero-order chi connectivity index (χ0) is 12.3. The number of nitrogens with two attached hydrogens (primary N) is 1. The number of carbonyl (C=O) groups is 1. The maximum absolute atomic E-state index is 12.5. The minimum absolute atomic E-state index is 0.0229. The van der Waals surface area contributed by atoms with E-state index in [0.717, 1.165) is 25.7 Å². The van der Waals surface area contributed by atoms with Crippen LogP contribution in [0.1, 0.15) is 42.5 Å². The highest BCUT2D eigenvalue weighted by molar-refractivity contribution is 6.05. The van der Waals surface area contributed by atoms with Crippen molar-refractivity contribution >= 4 is 11.6 Å². The Hall–Kier alpha value is -1.42. The zero-order valence-corrected chi connectivity index (χ0v) is 10.1. The van der Waals surface area contributed by atoms with E-state index in [-0.39, 0.29) is 5.78 Å². The number of ether oxygens (including phenoxy) is 1. The van der Waals surface area contributed by atoms with Crippen LogP contribution in [-0.2, 0) is 4.74 Å². The molecule has 2 N–H and O–H groups in total. The Bertz CT molecular complexity index is 412. The normalized spacial score (nSPS) is 18.9. The second kappa shape index (κ2) is 4.84. The number of anilines is 1. The van der Waals surface area contributed by atoms with Crippen LogP contribution in [0.3, 0.4) is 0 Å². The highest BCUT2D eigenvalue weighted by Gasteiger charge is 2.40. The third-order valence-corrected chi connectivity index (χ3v) is 3.55. The minimum atomic E-state index is -0.685. The number of pyridine rings is 1. The average Bonchev–Trinajstić information content (AvgIpc) is 2.39. The second-order valence-corrected chi connectivity index (χ2v) is 4.52. The van der Waals surface area contributed by atoms with Gasteiger partial charge in [-0.25, -0.2) is 4.98 Å². The molecule has 1 aliphatic rings. The van der Waals surface area contributed by atoms with E-state index < -0.39 is 5.60 Å². The summed E-state index contributed by atoms with van der Waals surface area (Å²) in [7, 11) is 1.61. The first-order valence-electron chi connectivity index (χ1n) is 6.00. The molecule has 4 heteroatoms. The van der Waals surface area contributed by atoms with Gasteiger partial charge in [0, 0.05) is 13.3 Å². The maximum Gasteiger partial charge on any atom is 0.198 e. The largest absolute Gasteiger partial charge is 0.383 e. The third-order valence-electron chi connectivity index (χ3n) is 3.55. The van der Waals surface area contributed by atoms with E-state index in [1.54, 1.807) is 25.4 Å². The molecule has 0 atom stereocenters. The predicted octanol–water partition coefficient (Wildman–Crippen LogP) is 2.20. The third kappa shape index (κ3) is 2.17. The van der Waals surface area contributed by atoms with E-state index in [2.05, 4.69) is 4.98 Å². The predicted molar refractivity (Wildman–Crippen MR) is 65.8 cm³/mol. The molecule has 0 aliphatic heterocycles. The van der Waals surface area contributed by atoms with Gasteiger partial charge in [0.15, 0.2) is 5.78 Å². The van der Waals surface area contributed by atoms with Crippen LogP contribution in [0.15, 0.2) is 18.3 Å². The number of nitrogen functional groups attached to an aromatic ring is 1. The molecule has 0 aromatic carbocycles. The number of hydrogen-bond acceptors (Lipinski definition) is 4. The Morgan fingerprint density at radius 1 is 1.41 bits per heavy atom. The molecule has 0 saturated heterocycles. The van der Waals surface area contributed by atoms with E-state index in [1.807, 2.05) is 0 Å². The lowest BCUT2D eigenvalue weighted by Gasteiger charge is -2.34. The lowest BCUT2D eigenvalue weighted by atomic mass is 9.79. The summed E-state index contributed by atoms with van der Waals surface area (Å²) in [5.74, 6) is 0.268. The molecule has 1 fully saturated rings. The molecule has 2 rings (SSSR count). The van der Waals surface area contributed by atoms with E-state index in [4.69, 9.17) is 10.5 Å². The molecule has 0 unspecified atom stereocenters. The van der Waals surface area contributed by atoms with Gasteiger partial charge < -0.3 is 10.5 Å². The van der Waals surface area contributed by atoms with Crippen molar-refractivity contribution < 1.29 is 9.53 Å². The number of aromatic nitrogens is 1. The van der Waals surface area contributed by atoms with Gasteiger partial charge in [0.05, 0.1) is 5.56 Å². The summed E-state index contributed by atoms with van der Waals surface area (Å²) in [5, 5.41) is 0. The van der Waals surface area contributed by atoms with Gasteiger partial charge in [0.25, 0.3) is 0 Å². The van der Waals surface area contributed by atoms with Gasteiger partial charge in [-0.1, -0.05) is 19.3 Å². The molecular weight excluding hydrogens is 216 g/mol. The fourth-order valence-electron chi connectivity index (χ4n) is 2.50. The summed E-state index contributed by atoms with van der Waals surface area (Å²) in [4.78, 5) is 16.5. The molecule has 1 aliphatic carbocycles. The number of ketones is 1. The van der Waals surface area contributed by atoms with Crippen molar-refractivity contribution in [3.05, 3.63) is 23.9 Å². The Morgan fingerprint density at radius 2 is 2.12 bits per heavy atom. The molecule has 0 bridgehead atoms. The monoisotopic (exact) mass is 234 g/mol. The Kier molecular flexibility index (Phi) is 3.43. The van der Waals surface area contributed by atoms with Crippen molar-refractivity contribution in [3.63, 3.8) is 0 Å². The second-order valence-electron chi connectivity index (χ2n) is 4.52. The van der Waals surface area contributed by atoms with Crippen molar-refractivity contribution in [2.45, 2.75) is 37.7 Å². The molecule has 0 amide bonds. The first-order chi connectivity index (χ1) is 8.19. The molecule has 17 heavy (non-hydrogen) atoms. The molecule has 1 saturated carbocycles. The van der Waals surface area contributed by atoms with Gasteiger partial charge in [-0.15, -0.1) is 0 Å². The van der Waals surface area contributed by atoms with Gasteiger partial charge in [0.2, 0.25) is 0 Å². The molecule has 4 nitrogen and oxygen atoms in total. The van der Waals surface area contributed by atoms with Crippen LogP contribution in [0.5, 0.6) is 0 Å². The van der Waals surface area contributed by atoms with Crippen molar-refractivity contribution in [3.8, 4) is 0 Å². The van der Waals surface area contributed by atoms with Gasteiger partial charge in [-0.3, -0.25) is 4.79 Å². The molecule has 1 aromatic rings. The number of carbonyl (C=O) groups excluding carboxylic acids is 1.